The number of carboxylic acid groups (broad SMARTS) is 1. The Hall–Kier alpha value is -2.22. The first-order valence-corrected chi connectivity index (χ1v) is 8.03. The Morgan fingerprint density at radius 3 is 2.57 bits per heavy atom. The van der Waals surface area contributed by atoms with E-state index in [0.717, 1.165) is 14.8 Å². The van der Waals surface area contributed by atoms with Crippen molar-refractivity contribution in [3.63, 3.8) is 0 Å². The van der Waals surface area contributed by atoms with Crippen molar-refractivity contribution in [3.05, 3.63) is 57.3 Å². The molecule has 0 saturated carbocycles. The molecule has 5 nitrogen and oxygen atoms in total. The van der Waals surface area contributed by atoms with E-state index < -0.39 is 5.97 Å². The number of phenols is 2. The molecule has 23 heavy (non-hydrogen) atoms. The van der Waals surface area contributed by atoms with Gasteiger partial charge in [-0.15, -0.1) is 0 Å². The van der Waals surface area contributed by atoms with Gasteiger partial charge in [0.1, 0.15) is 11.5 Å². The summed E-state index contributed by atoms with van der Waals surface area (Å²) in [4.78, 5) is 11.2. The fraction of sp³-hybridized carbons (Fsp3) is 0.118. The summed E-state index contributed by atoms with van der Waals surface area (Å²) in [5, 5.41) is 29.6. The summed E-state index contributed by atoms with van der Waals surface area (Å²) in [5.74, 6) is -0.628. The van der Waals surface area contributed by atoms with Gasteiger partial charge < -0.3 is 19.9 Å². The Kier molecular flexibility index (Phi) is 4.16. The van der Waals surface area contributed by atoms with Crippen LogP contribution in [0.15, 0.2) is 42.5 Å². The van der Waals surface area contributed by atoms with Crippen LogP contribution in [0, 0.1) is 3.70 Å². The molecule has 0 aliphatic heterocycles. The number of carboxylic acids is 1. The zero-order valence-corrected chi connectivity index (χ0v) is 14.2. The van der Waals surface area contributed by atoms with Crippen molar-refractivity contribution in [3.8, 4) is 11.5 Å². The minimum Gasteiger partial charge on any atom is -0.508 e. The maximum atomic E-state index is 11.2. The van der Waals surface area contributed by atoms with Gasteiger partial charge in [0.05, 0.1) is 16.7 Å². The number of aliphatic carboxylic acids is 1. The van der Waals surface area contributed by atoms with Gasteiger partial charge in [0.25, 0.3) is 0 Å². The van der Waals surface area contributed by atoms with Crippen molar-refractivity contribution >= 4 is 39.5 Å². The Bertz CT molecular complexity index is 901. The first-order valence-electron chi connectivity index (χ1n) is 6.95. The van der Waals surface area contributed by atoms with Crippen LogP contribution in [0.1, 0.15) is 11.1 Å². The van der Waals surface area contributed by atoms with Crippen LogP contribution in [-0.2, 0) is 17.8 Å². The first-order chi connectivity index (χ1) is 11.0. The number of halogens is 1. The Labute approximate surface area is 145 Å². The van der Waals surface area contributed by atoms with Gasteiger partial charge in [0.15, 0.2) is 0 Å². The van der Waals surface area contributed by atoms with Crippen molar-refractivity contribution in [1.82, 2.24) is 4.57 Å². The molecule has 3 N–H and O–H groups in total. The van der Waals surface area contributed by atoms with Gasteiger partial charge in [0.2, 0.25) is 0 Å². The molecule has 118 valence electrons. The average Bonchev–Trinajstić information content (AvgIpc) is 2.74. The van der Waals surface area contributed by atoms with Gasteiger partial charge in [-0.05, 0) is 46.9 Å². The molecule has 3 aromatic rings. The second kappa shape index (κ2) is 6.11. The van der Waals surface area contributed by atoms with Crippen molar-refractivity contribution < 1.29 is 20.1 Å². The molecule has 0 aliphatic rings. The SMILES string of the molecule is O=C(O)Cc1c(I)n(Cc2ccccc2O)c2ccc(O)cc12. The zero-order chi connectivity index (χ0) is 16.6. The summed E-state index contributed by atoms with van der Waals surface area (Å²) in [6.07, 6.45) is -0.119. The molecule has 0 radical (unpaired) electrons. The number of hydrogen-bond donors (Lipinski definition) is 3. The van der Waals surface area contributed by atoms with Gasteiger partial charge in [0, 0.05) is 22.0 Å². The Morgan fingerprint density at radius 2 is 1.87 bits per heavy atom. The quantitative estimate of drug-likeness (QED) is 0.563. The van der Waals surface area contributed by atoms with Gasteiger partial charge in [-0.3, -0.25) is 4.79 Å². The van der Waals surface area contributed by atoms with Crippen molar-refractivity contribution in [2.75, 3.05) is 0 Å². The third-order valence-electron chi connectivity index (χ3n) is 3.73. The first kappa shape index (κ1) is 15.7. The minimum atomic E-state index is -0.923. The summed E-state index contributed by atoms with van der Waals surface area (Å²) in [6, 6.07) is 12.0. The van der Waals surface area contributed by atoms with E-state index in [0.29, 0.717) is 17.5 Å². The standard InChI is InChI=1S/C17H14INO4/c18-17-13(8-16(22)23)12-7-11(20)5-6-14(12)19(17)9-10-3-1-2-4-15(10)21/h1-7,20-21H,8-9H2,(H,22,23). The molecule has 0 fully saturated rings. The van der Waals surface area contributed by atoms with Crippen LogP contribution in [0.3, 0.4) is 0 Å². The van der Waals surface area contributed by atoms with Crippen LogP contribution < -0.4 is 0 Å². The van der Waals surface area contributed by atoms with Gasteiger partial charge in [-0.1, -0.05) is 18.2 Å². The summed E-state index contributed by atoms with van der Waals surface area (Å²) in [5.41, 5.74) is 2.24. The fourth-order valence-electron chi connectivity index (χ4n) is 2.67. The van der Waals surface area contributed by atoms with E-state index >= 15 is 0 Å². The Morgan fingerprint density at radius 1 is 1.13 bits per heavy atom. The molecule has 0 aliphatic carbocycles. The number of benzene rings is 2. The summed E-state index contributed by atoms with van der Waals surface area (Å²) < 4.78 is 2.73. The zero-order valence-electron chi connectivity index (χ0n) is 12.0. The predicted octanol–water partition coefficient (Wildman–Crippen LogP) is 3.33. The van der Waals surface area contributed by atoms with Crippen LogP contribution >= 0.6 is 22.6 Å². The molecule has 0 atom stereocenters. The molecule has 6 heteroatoms. The van der Waals surface area contributed by atoms with Gasteiger partial charge >= 0.3 is 5.97 Å². The van der Waals surface area contributed by atoms with Crippen LogP contribution in [0.4, 0.5) is 0 Å². The minimum absolute atomic E-state index is 0.0975. The third kappa shape index (κ3) is 2.98. The van der Waals surface area contributed by atoms with Crippen molar-refractivity contribution in [2.24, 2.45) is 0 Å². The molecule has 0 spiro atoms. The smallest absolute Gasteiger partial charge is 0.307 e. The monoisotopic (exact) mass is 423 g/mol. The molecule has 0 bridgehead atoms. The van der Waals surface area contributed by atoms with E-state index in [1.165, 1.54) is 0 Å². The lowest BCUT2D eigenvalue weighted by molar-refractivity contribution is -0.136. The average molecular weight is 423 g/mol. The lowest BCUT2D eigenvalue weighted by Gasteiger charge is -2.09. The molecule has 0 amide bonds. The number of aromatic hydroxyl groups is 2. The van der Waals surface area contributed by atoms with Crippen LogP contribution in [-0.4, -0.2) is 25.9 Å². The number of carbonyl (C=O) groups is 1. The molecule has 3 rings (SSSR count). The van der Waals surface area contributed by atoms with Crippen LogP contribution in [0.5, 0.6) is 11.5 Å². The highest BCUT2D eigenvalue weighted by atomic mass is 127. The maximum absolute atomic E-state index is 11.2. The fourth-order valence-corrected chi connectivity index (χ4v) is 3.58. The largest absolute Gasteiger partial charge is 0.508 e. The molecular formula is C17H14INO4. The van der Waals surface area contributed by atoms with E-state index in [9.17, 15) is 15.0 Å². The highest BCUT2D eigenvalue weighted by Gasteiger charge is 2.18. The van der Waals surface area contributed by atoms with E-state index in [-0.39, 0.29) is 17.9 Å². The highest BCUT2D eigenvalue weighted by molar-refractivity contribution is 14.1. The van der Waals surface area contributed by atoms with E-state index in [1.54, 1.807) is 30.3 Å². The number of nitrogens with zero attached hydrogens (tertiary/aromatic N) is 1. The summed E-state index contributed by atoms with van der Waals surface area (Å²) in [7, 11) is 0. The number of phenolic OH excluding ortho intramolecular Hbond substituents is 2. The van der Waals surface area contributed by atoms with Gasteiger partial charge in [-0.25, -0.2) is 0 Å². The highest BCUT2D eigenvalue weighted by Crippen LogP contribution is 2.32. The normalized spacial score (nSPS) is 11.0. The molecule has 0 saturated heterocycles. The third-order valence-corrected chi connectivity index (χ3v) is 4.96. The topological polar surface area (TPSA) is 82.7 Å². The second-order valence-corrected chi connectivity index (χ2v) is 6.28. The van der Waals surface area contributed by atoms with E-state index in [2.05, 4.69) is 22.6 Å². The van der Waals surface area contributed by atoms with Crippen LogP contribution in [0.2, 0.25) is 0 Å². The van der Waals surface area contributed by atoms with Crippen molar-refractivity contribution in [1.29, 1.82) is 0 Å². The number of aromatic nitrogens is 1. The number of hydrogen-bond acceptors (Lipinski definition) is 3. The maximum Gasteiger partial charge on any atom is 0.307 e. The number of fused-ring (bicyclic) bond motifs is 1. The summed E-state index contributed by atoms with van der Waals surface area (Å²) in [6.45, 7) is 0.422. The van der Waals surface area contributed by atoms with Crippen LogP contribution in [0.25, 0.3) is 10.9 Å². The van der Waals surface area contributed by atoms with E-state index in [1.807, 2.05) is 16.7 Å². The van der Waals surface area contributed by atoms with Crippen molar-refractivity contribution in [2.45, 2.75) is 13.0 Å². The Balaban J connectivity index is 2.18. The number of rotatable bonds is 4. The van der Waals surface area contributed by atoms with E-state index in [4.69, 9.17) is 5.11 Å². The molecular weight excluding hydrogens is 409 g/mol. The molecule has 1 heterocycles. The summed E-state index contributed by atoms with van der Waals surface area (Å²) >= 11 is 2.11. The molecule has 0 unspecified atom stereocenters. The van der Waals surface area contributed by atoms with Gasteiger partial charge in [-0.2, -0.15) is 0 Å². The lowest BCUT2D eigenvalue weighted by Crippen LogP contribution is -2.05. The molecule has 1 aromatic heterocycles. The number of para-hydroxylation sites is 1. The molecule has 2 aromatic carbocycles. The lowest BCUT2D eigenvalue weighted by atomic mass is 10.1. The second-order valence-electron chi connectivity index (χ2n) is 5.26. The predicted molar refractivity (Wildman–Crippen MR) is 94.9 cm³/mol.